The van der Waals surface area contributed by atoms with Crippen molar-refractivity contribution in [2.24, 2.45) is 5.73 Å². The van der Waals surface area contributed by atoms with E-state index in [4.69, 9.17) is 10.3 Å². The van der Waals surface area contributed by atoms with Crippen LogP contribution in [-0.2, 0) is 6.54 Å². The summed E-state index contributed by atoms with van der Waals surface area (Å²) in [6, 6.07) is 0. The van der Waals surface area contributed by atoms with Crippen molar-refractivity contribution in [3.63, 3.8) is 0 Å². The first-order valence-corrected chi connectivity index (χ1v) is 5.93. The monoisotopic (exact) mass is 225 g/mol. The number of nitrogens with two attached hydrogens (primary N) is 1. The maximum atomic E-state index is 6.21. The first kappa shape index (κ1) is 13.2. The second kappa shape index (κ2) is 5.46. The van der Waals surface area contributed by atoms with Gasteiger partial charge in [-0.1, -0.05) is 19.0 Å². The molecule has 1 heterocycles. The van der Waals surface area contributed by atoms with Crippen molar-refractivity contribution in [3.05, 3.63) is 17.0 Å². The third-order valence-corrected chi connectivity index (χ3v) is 3.37. The Labute approximate surface area is 97.6 Å². The first-order chi connectivity index (χ1) is 7.52. The van der Waals surface area contributed by atoms with Crippen molar-refractivity contribution in [1.29, 1.82) is 0 Å². The Bertz CT molecular complexity index is 310. The quantitative estimate of drug-likeness (QED) is 0.776. The SMILES string of the molecule is CCC(N)(CC)CNCc1c(C)noc1C. The molecular weight excluding hydrogens is 202 g/mol. The van der Waals surface area contributed by atoms with Crippen molar-refractivity contribution in [1.82, 2.24) is 10.5 Å². The van der Waals surface area contributed by atoms with Gasteiger partial charge in [0.1, 0.15) is 5.76 Å². The molecule has 92 valence electrons. The molecule has 0 atom stereocenters. The normalized spacial score (nSPS) is 12.1. The molecule has 1 aromatic rings. The number of aryl methyl sites for hydroxylation is 2. The van der Waals surface area contributed by atoms with E-state index in [1.54, 1.807) is 0 Å². The molecule has 16 heavy (non-hydrogen) atoms. The van der Waals surface area contributed by atoms with E-state index in [9.17, 15) is 0 Å². The molecule has 0 aliphatic rings. The molecule has 3 N–H and O–H groups in total. The zero-order valence-electron chi connectivity index (χ0n) is 10.8. The van der Waals surface area contributed by atoms with Gasteiger partial charge in [0.2, 0.25) is 0 Å². The highest BCUT2D eigenvalue weighted by molar-refractivity contribution is 5.20. The topological polar surface area (TPSA) is 64.1 Å². The van der Waals surface area contributed by atoms with Crippen LogP contribution in [0, 0.1) is 13.8 Å². The molecule has 0 aromatic carbocycles. The van der Waals surface area contributed by atoms with Gasteiger partial charge < -0.3 is 15.6 Å². The van der Waals surface area contributed by atoms with Crippen molar-refractivity contribution in [3.8, 4) is 0 Å². The third-order valence-electron chi connectivity index (χ3n) is 3.37. The second-order valence-electron chi connectivity index (χ2n) is 4.48. The Morgan fingerprint density at radius 2 is 1.94 bits per heavy atom. The zero-order chi connectivity index (χ0) is 12.2. The van der Waals surface area contributed by atoms with Crippen LogP contribution < -0.4 is 11.1 Å². The molecule has 4 heteroatoms. The minimum Gasteiger partial charge on any atom is -0.361 e. The van der Waals surface area contributed by atoms with E-state index >= 15 is 0 Å². The maximum absolute atomic E-state index is 6.21. The number of nitrogens with zero attached hydrogens (tertiary/aromatic N) is 1. The lowest BCUT2D eigenvalue weighted by atomic mass is 9.94. The Morgan fingerprint density at radius 1 is 1.31 bits per heavy atom. The molecule has 0 fully saturated rings. The summed E-state index contributed by atoms with van der Waals surface area (Å²) >= 11 is 0. The van der Waals surface area contributed by atoms with Crippen LogP contribution in [0.1, 0.15) is 43.7 Å². The van der Waals surface area contributed by atoms with Gasteiger partial charge in [0.15, 0.2) is 0 Å². The summed E-state index contributed by atoms with van der Waals surface area (Å²) in [5, 5.41) is 7.31. The van der Waals surface area contributed by atoms with Gasteiger partial charge in [-0.15, -0.1) is 0 Å². The number of rotatable bonds is 6. The van der Waals surface area contributed by atoms with Gasteiger partial charge in [-0.25, -0.2) is 0 Å². The molecule has 0 saturated carbocycles. The van der Waals surface area contributed by atoms with Gasteiger partial charge in [0.05, 0.1) is 5.69 Å². The first-order valence-electron chi connectivity index (χ1n) is 5.93. The minimum absolute atomic E-state index is 0.0982. The third kappa shape index (κ3) is 3.06. The Morgan fingerprint density at radius 3 is 2.38 bits per heavy atom. The molecule has 0 aliphatic carbocycles. The number of aromatic nitrogens is 1. The van der Waals surface area contributed by atoms with Crippen LogP contribution in [0.3, 0.4) is 0 Å². The molecule has 0 spiro atoms. The standard InChI is InChI=1S/C12H23N3O/c1-5-12(13,6-2)8-14-7-11-9(3)15-16-10(11)4/h14H,5-8,13H2,1-4H3. The van der Waals surface area contributed by atoms with Gasteiger partial charge in [0.25, 0.3) is 0 Å². The van der Waals surface area contributed by atoms with Crippen molar-refractivity contribution in [2.75, 3.05) is 6.54 Å². The molecule has 4 nitrogen and oxygen atoms in total. The molecular formula is C12H23N3O. The molecule has 0 amide bonds. The summed E-state index contributed by atoms with van der Waals surface area (Å²) in [6.45, 7) is 9.75. The Kier molecular flexibility index (Phi) is 4.50. The number of hydrogen-bond donors (Lipinski definition) is 2. The largest absolute Gasteiger partial charge is 0.361 e. The summed E-state index contributed by atoms with van der Waals surface area (Å²) in [6.07, 6.45) is 1.97. The highest BCUT2D eigenvalue weighted by atomic mass is 16.5. The maximum Gasteiger partial charge on any atom is 0.138 e. The van der Waals surface area contributed by atoms with Crippen molar-refractivity contribution < 1.29 is 4.52 Å². The van der Waals surface area contributed by atoms with Crippen LogP contribution >= 0.6 is 0 Å². The summed E-state index contributed by atoms with van der Waals surface area (Å²) in [7, 11) is 0. The molecule has 1 rings (SSSR count). The van der Waals surface area contributed by atoms with E-state index in [0.29, 0.717) is 0 Å². The molecule has 0 radical (unpaired) electrons. The van der Waals surface area contributed by atoms with Crippen LogP contribution in [0.15, 0.2) is 4.52 Å². The van der Waals surface area contributed by atoms with Gasteiger partial charge in [-0.2, -0.15) is 0 Å². The van der Waals surface area contributed by atoms with Crippen molar-refractivity contribution >= 4 is 0 Å². The molecule has 1 aromatic heterocycles. The summed E-state index contributed by atoms with van der Waals surface area (Å²) in [4.78, 5) is 0. The van der Waals surface area contributed by atoms with Gasteiger partial charge in [0, 0.05) is 24.2 Å². The fourth-order valence-corrected chi connectivity index (χ4v) is 1.69. The summed E-state index contributed by atoms with van der Waals surface area (Å²) in [5.41, 5.74) is 8.22. The van der Waals surface area contributed by atoms with Crippen LogP contribution in [0.5, 0.6) is 0 Å². The smallest absolute Gasteiger partial charge is 0.138 e. The molecule has 0 aliphatic heterocycles. The van der Waals surface area contributed by atoms with Crippen molar-refractivity contribution in [2.45, 2.75) is 52.6 Å². The summed E-state index contributed by atoms with van der Waals surface area (Å²) in [5.74, 6) is 0.889. The predicted molar refractivity (Wildman–Crippen MR) is 65.2 cm³/mol. The average Bonchev–Trinajstić information content (AvgIpc) is 2.60. The lowest BCUT2D eigenvalue weighted by molar-refractivity contribution is 0.367. The van der Waals surface area contributed by atoms with E-state index in [1.165, 1.54) is 0 Å². The van der Waals surface area contributed by atoms with Crippen LogP contribution in [0.25, 0.3) is 0 Å². The number of hydrogen-bond acceptors (Lipinski definition) is 4. The lowest BCUT2D eigenvalue weighted by Gasteiger charge is -2.26. The molecule has 0 unspecified atom stereocenters. The summed E-state index contributed by atoms with van der Waals surface area (Å²) < 4.78 is 5.11. The Balaban J connectivity index is 2.47. The average molecular weight is 225 g/mol. The van der Waals surface area contributed by atoms with Crippen LogP contribution in [0.2, 0.25) is 0 Å². The highest BCUT2D eigenvalue weighted by Crippen LogP contribution is 2.13. The molecule has 0 saturated heterocycles. The molecule has 0 bridgehead atoms. The van der Waals surface area contributed by atoms with Crippen LogP contribution in [-0.4, -0.2) is 17.2 Å². The predicted octanol–water partition coefficient (Wildman–Crippen LogP) is 1.90. The van der Waals surface area contributed by atoms with E-state index in [-0.39, 0.29) is 5.54 Å². The van der Waals surface area contributed by atoms with Crippen LogP contribution in [0.4, 0.5) is 0 Å². The van der Waals surface area contributed by atoms with Gasteiger partial charge >= 0.3 is 0 Å². The van der Waals surface area contributed by atoms with E-state index in [0.717, 1.165) is 42.9 Å². The Hall–Kier alpha value is -0.870. The van der Waals surface area contributed by atoms with E-state index in [1.807, 2.05) is 13.8 Å². The van der Waals surface area contributed by atoms with Gasteiger partial charge in [-0.3, -0.25) is 0 Å². The van der Waals surface area contributed by atoms with E-state index < -0.39 is 0 Å². The number of nitrogens with one attached hydrogen (secondary N) is 1. The second-order valence-corrected chi connectivity index (χ2v) is 4.48. The lowest BCUT2D eigenvalue weighted by Crippen LogP contribution is -2.47. The van der Waals surface area contributed by atoms with Gasteiger partial charge in [-0.05, 0) is 26.7 Å². The fraction of sp³-hybridized carbons (Fsp3) is 0.750. The zero-order valence-corrected chi connectivity index (χ0v) is 10.8. The fourth-order valence-electron chi connectivity index (χ4n) is 1.69. The highest BCUT2D eigenvalue weighted by Gasteiger charge is 2.19. The minimum atomic E-state index is -0.0982. The van der Waals surface area contributed by atoms with E-state index in [2.05, 4.69) is 24.3 Å².